The third kappa shape index (κ3) is 1.58. The fourth-order valence-corrected chi connectivity index (χ4v) is 1.82. The van der Waals surface area contributed by atoms with E-state index in [1.165, 1.54) is 5.56 Å². The lowest BCUT2D eigenvalue weighted by Gasteiger charge is -2.17. The van der Waals surface area contributed by atoms with Crippen LogP contribution in [0.1, 0.15) is 11.1 Å². The molecule has 1 aliphatic heterocycles. The first-order valence-electron chi connectivity index (χ1n) is 5.30. The van der Waals surface area contributed by atoms with Gasteiger partial charge in [-0.05, 0) is 36.3 Å². The molecule has 1 aliphatic rings. The number of fused-ring (bicyclic) bond motifs is 1. The summed E-state index contributed by atoms with van der Waals surface area (Å²) in [4.78, 5) is 4.10. The molecule has 2 aromatic rings. The molecular formula is C14H11NO. The van der Waals surface area contributed by atoms with Gasteiger partial charge in [-0.1, -0.05) is 18.2 Å². The second-order valence-electron chi connectivity index (χ2n) is 3.72. The first kappa shape index (κ1) is 9.16. The molecule has 2 heteroatoms. The van der Waals surface area contributed by atoms with Gasteiger partial charge in [0.05, 0.1) is 0 Å². The third-order valence-corrected chi connectivity index (χ3v) is 2.65. The Morgan fingerprint density at radius 3 is 2.88 bits per heavy atom. The minimum Gasteiger partial charge on any atom is -0.457 e. The minimum absolute atomic E-state index is 0.895. The molecule has 0 aliphatic carbocycles. The van der Waals surface area contributed by atoms with E-state index in [2.05, 4.69) is 17.1 Å². The zero-order chi connectivity index (χ0) is 10.8. The van der Waals surface area contributed by atoms with Crippen LogP contribution in [0.25, 0.3) is 5.76 Å². The molecule has 0 fully saturated rings. The quantitative estimate of drug-likeness (QED) is 0.720. The highest BCUT2D eigenvalue weighted by molar-refractivity contribution is 5.64. The first-order chi connectivity index (χ1) is 7.93. The highest BCUT2D eigenvalue weighted by Gasteiger charge is 2.12. The van der Waals surface area contributed by atoms with Crippen molar-refractivity contribution in [3.8, 4) is 5.75 Å². The highest BCUT2D eigenvalue weighted by Crippen LogP contribution is 2.29. The number of aromatic nitrogens is 1. The van der Waals surface area contributed by atoms with Crippen molar-refractivity contribution in [1.82, 2.24) is 4.98 Å². The fourth-order valence-electron chi connectivity index (χ4n) is 1.82. The van der Waals surface area contributed by atoms with Crippen molar-refractivity contribution in [1.29, 1.82) is 0 Å². The van der Waals surface area contributed by atoms with Crippen molar-refractivity contribution in [2.24, 2.45) is 0 Å². The molecule has 1 aromatic heterocycles. The number of para-hydroxylation sites is 1. The number of pyridine rings is 1. The van der Waals surface area contributed by atoms with Gasteiger partial charge in [-0.25, -0.2) is 0 Å². The van der Waals surface area contributed by atoms with Crippen LogP contribution in [0.5, 0.6) is 5.75 Å². The Balaban J connectivity index is 1.95. The Bertz CT molecular complexity index is 531. The van der Waals surface area contributed by atoms with Gasteiger partial charge in [-0.2, -0.15) is 0 Å². The number of hydrogen-bond acceptors (Lipinski definition) is 2. The van der Waals surface area contributed by atoms with Crippen LogP contribution in [-0.2, 0) is 6.42 Å². The monoisotopic (exact) mass is 209 g/mol. The van der Waals surface area contributed by atoms with Gasteiger partial charge in [-0.3, -0.25) is 4.98 Å². The first-order valence-corrected chi connectivity index (χ1v) is 5.30. The van der Waals surface area contributed by atoms with E-state index in [1.54, 1.807) is 6.20 Å². The number of benzene rings is 1. The van der Waals surface area contributed by atoms with Crippen molar-refractivity contribution in [2.75, 3.05) is 0 Å². The Morgan fingerprint density at radius 2 is 2.00 bits per heavy atom. The summed E-state index contributed by atoms with van der Waals surface area (Å²) in [7, 11) is 0. The molecule has 0 saturated carbocycles. The van der Waals surface area contributed by atoms with E-state index in [9.17, 15) is 0 Å². The molecule has 3 rings (SSSR count). The van der Waals surface area contributed by atoms with Crippen LogP contribution < -0.4 is 4.74 Å². The van der Waals surface area contributed by atoms with E-state index in [0.717, 1.165) is 23.5 Å². The van der Waals surface area contributed by atoms with Gasteiger partial charge in [0.2, 0.25) is 0 Å². The number of nitrogens with zero attached hydrogens (tertiary/aromatic N) is 1. The minimum atomic E-state index is 0.895. The Hall–Kier alpha value is -2.09. The average molecular weight is 209 g/mol. The van der Waals surface area contributed by atoms with Crippen molar-refractivity contribution in [2.45, 2.75) is 6.42 Å². The summed E-state index contributed by atoms with van der Waals surface area (Å²) in [6.45, 7) is 0. The molecule has 0 bridgehead atoms. The molecule has 0 spiro atoms. The molecule has 1 aromatic carbocycles. The molecule has 0 saturated heterocycles. The largest absolute Gasteiger partial charge is 0.457 e. The van der Waals surface area contributed by atoms with Gasteiger partial charge in [-0.15, -0.1) is 0 Å². The summed E-state index contributed by atoms with van der Waals surface area (Å²) in [6.07, 6.45) is 6.60. The zero-order valence-corrected chi connectivity index (χ0v) is 8.76. The second kappa shape index (κ2) is 3.81. The normalized spacial score (nSPS) is 13.6. The topological polar surface area (TPSA) is 22.1 Å². The summed E-state index contributed by atoms with van der Waals surface area (Å²) >= 11 is 0. The van der Waals surface area contributed by atoms with Gasteiger partial charge in [0.15, 0.2) is 0 Å². The van der Waals surface area contributed by atoms with E-state index in [-0.39, 0.29) is 0 Å². The number of hydrogen-bond donors (Lipinski definition) is 0. The zero-order valence-electron chi connectivity index (χ0n) is 8.76. The lowest BCUT2D eigenvalue weighted by Crippen LogP contribution is -2.03. The molecule has 0 atom stereocenters. The fraction of sp³-hybridized carbons (Fsp3) is 0.0714. The highest BCUT2D eigenvalue weighted by atomic mass is 16.5. The van der Waals surface area contributed by atoms with Gasteiger partial charge >= 0.3 is 0 Å². The number of allylic oxidation sites excluding steroid dienone is 1. The predicted octanol–water partition coefficient (Wildman–Crippen LogP) is 3.06. The van der Waals surface area contributed by atoms with Crippen molar-refractivity contribution in [3.05, 3.63) is 66.0 Å². The maximum absolute atomic E-state index is 5.84. The summed E-state index contributed by atoms with van der Waals surface area (Å²) < 4.78 is 5.84. The summed E-state index contributed by atoms with van der Waals surface area (Å²) in [5, 5.41) is 0. The Morgan fingerprint density at radius 1 is 1.06 bits per heavy atom. The van der Waals surface area contributed by atoms with Crippen LogP contribution in [0.4, 0.5) is 0 Å². The number of ether oxygens (including phenoxy) is 1. The van der Waals surface area contributed by atoms with Gasteiger partial charge in [0, 0.05) is 18.0 Å². The van der Waals surface area contributed by atoms with Gasteiger partial charge < -0.3 is 4.74 Å². The smallest absolute Gasteiger partial charge is 0.132 e. The average Bonchev–Trinajstić information content (AvgIpc) is 2.39. The lowest BCUT2D eigenvalue weighted by molar-refractivity contribution is 0.498. The molecule has 16 heavy (non-hydrogen) atoms. The van der Waals surface area contributed by atoms with E-state index in [0.29, 0.717) is 0 Å². The second-order valence-corrected chi connectivity index (χ2v) is 3.72. The van der Waals surface area contributed by atoms with E-state index < -0.39 is 0 Å². The molecule has 0 N–H and O–H groups in total. The van der Waals surface area contributed by atoms with E-state index in [1.807, 2.05) is 36.5 Å². The van der Waals surface area contributed by atoms with Crippen LogP contribution in [0.15, 0.2) is 54.9 Å². The third-order valence-electron chi connectivity index (χ3n) is 2.65. The standard InChI is InChI=1S/C14H11NO/c1-2-6-13-11(4-1)7-8-14(16-13)12-5-3-9-15-10-12/h1-6,8-10H,7H2. The van der Waals surface area contributed by atoms with E-state index >= 15 is 0 Å². The maximum atomic E-state index is 5.84. The molecule has 78 valence electrons. The summed E-state index contributed by atoms with van der Waals surface area (Å²) in [5.41, 5.74) is 2.26. The summed E-state index contributed by atoms with van der Waals surface area (Å²) in [5.74, 6) is 1.84. The lowest BCUT2D eigenvalue weighted by atomic mass is 10.1. The molecule has 0 radical (unpaired) electrons. The van der Waals surface area contributed by atoms with Crippen LogP contribution in [0.3, 0.4) is 0 Å². The number of rotatable bonds is 1. The van der Waals surface area contributed by atoms with Crippen LogP contribution in [0, 0.1) is 0 Å². The van der Waals surface area contributed by atoms with Crippen LogP contribution >= 0.6 is 0 Å². The maximum Gasteiger partial charge on any atom is 0.132 e. The van der Waals surface area contributed by atoms with Gasteiger partial charge in [0.25, 0.3) is 0 Å². The molecule has 0 amide bonds. The molecule has 2 heterocycles. The predicted molar refractivity (Wildman–Crippen MR) is 63.0 cm³/mol. The SMILES string of the molecule is C1=C(c2cccnc2)Oc2ccccc2C1. The molecule has 2 nitrogen and oxygen atoms in total. The Kier molecular flexibility index (Phi) is 2.18. The molecule has 0 unspecified atom stereocenters. The van der Waals surface area contributed by atoms with Crippen molar-refractivity contribution >= 4 is 5.76 Å². The van der Waals surface area contributed by atoms with Crippen molar-refractivity contribution in [3.63, 3.8) is 0 Å². The summed E-state index contributed by atoms with van der Waals surface area (Å²) in [6, 6.07) is 12.0. The molecular weight excluding hydrogens is 198 g/mol. The van der Waals surface area contributed by atoms with Crippen molar-refractivity contribution < 1.29 is 4.74 Å². The van der Waals surface area contributed by atoms with Gasteiger partial charge in [0.1, 0.15) is 11.5 Å². The van der Waals surface area contributed by atoms with E-state index in [4.69, 9.17) is 4.74 Å². The Labute approximate surface area is 94.2 Å². The van der Waals surface area contributed by atoms with Crippen LogP contribution in [-0.4, -0.2) is 4.98 Å². The van der Waals surface area contributed by atoms with Crippen LogP contribution in [0.2, 0.25) is 0 Å².